The molecule has 0 bridgehead atoms. The molecule has 2 aromatic carbocycles. The fourth-order valence-electron chi connectivity index (χ4n) is 3.63. The molecule has 26 heavy (non-hydrogen) atoms. The molecular weight excluding hydrogens is 324 g/mol. The first kappa shape index (κ1) is 16.0. The number of aromatic nitrogens is 1. The van der Waals surface area contributed by atoms with Crippen LogP contribution < -0.4 is 5.56 Å². The lowest BCUT2D eigenvalue weighted by Gasteiger charge is -2.27. The van der Waals surface area contributed by atoms with E-state index in [-0.39, 0.29) is 22.8 Å². The Kier molecular flexibility index (Phi) is 3.98. The molecule has 0 saturated heterocycles. The molecule has 0 amide bonds. The topological polar surface area (TPSA) is 62.9 Å². The van der Waals surface area contributed by atoms with Gasteiger partial charge in [-0.25, -0.2) is 0 Å². The summed E-state index contributed by atoms with van der Waals surface area (Å²) >= 11 is 0. The highest BCUT2D eigenvalue weighted by atomic mass is 16.1. The summed E-state index contributed by atoms with van der Waals surface area (Å²) in [6.07, 6.45) is 0.968. The number of pyridine rings is 1. The smallest absolute Gasteiger partial charge is 0.273 e. The average molecular weight is 340 g/mol. The molecule has 1 aliphatic carbocycles. The predicted molar refractivity (Wildman–Crippen MR) is 98.6 cm³/mol. The summed E-state index contributed by atoms with van der Waals surface area (Å²) in [6, 6.07) is 22.5. The lowest BCUT2D eigenvalue weighted by Crippen LogP contribution is -2.31. The Morgan fingerprint density at radius 3 is 2.23 bits per heavy atom. The van der Waals surface area contributed by atoms with Crippen molar-refractivity contribution in [1.29, 1.82) is 5.26 Å². The second-order valence-electron chi connectivity index (χ2n) is 6.45. The third kappa shape index (κ3) is 2.64. The van der Waals surface area contributed by atoms with Gasteiger partial charge in [-0.15, -0.1) is 0 Å². The van der Waals surface area contributed by atoms with Crippen LogP contribution in [0.1, 0.15) is 39.5 Å². The van der Waals surface area contributed by atoms with Crippen molar-refractivity contribution in [3.05, 3.63) is 99.5 Å². The number of Topliss-reactive ketones (excluding diaryl/α,β-unsaturated/α-hetero) is 1. The van der Waals surface area contributed by atoms with E-state index in [2.05, 4.69) is 0 Å². The number of carbonyl (C=O) groups excluding carboxylic acids is 1. The maximum atomic E-state index is 12.9. The number of benzene rings is 2. The molecule has 1 aromatic heterocycles. The minimum atomic E-state index is -0.376. The molecule has 1 aliphatic rings. The number of nitriles is 1. The first-order valence-electron chi connectivity index (χ1n) is 8.51. The Balaban J connectivity index is 1.94. The maximum Gasteiger partial charge on any atom is 0.273 e. The number of rotatable bonds is 2. The number of para-hydroxylation sites is 1. The van der Waals surface area contributed by atoms with E-state index in [4.69, 9.17) is 0 Å². The Labute approximate surface area is 151 Å². The van der Waals surface area contributed by atoms with Crippen molar-refractivity contribution in [3.8, 4) is 11.8 Å². The first-order chi connectivity index (χ1) is 12.7. The van der Waals surface area contributed by atoms with E-state index >= 15 is 0 Å². The van der Waals surface area contributed by atoms with Gasteiger partial charge in [0.1, 0.15) is 11.6 Å². The van der Waals surface area contributed by atoms with Crippen LogP contribution in [0, 0.1) is 11.3 Å². The third-order valence-corrected chi connectivity index (χ3v) is 4.88. The van der Waals surface area contributed by atoms with Gasteiger partial charge in [0.05, 0.1) is 0 Å². The van der Waals surface area contributed by atoms with E-state index in [1.165, 1.54) is 10.6 Å². The highest BCUT2D eigenvalue weighted by molar-refractivity contribution is 5.99. The van der Waals surface area contributed by atoms with Gasteiger partial charge in [-0.2, -0.15) is 5.26 Å². The van der Waals surface area contributed by atoms with Gasteiger partial charge < -0.3 is 0 Å². The summed E-state index contributed by atoms with van der Waals surface area (Å²) in [5.41, 5.74) is 2.55. The van der Waals surface area contributed by atoms with Crippen molar-refractivity contribution >= 4 is 5.78 Å². The number of fused-ring (bicyclic) bond motifs is 1. The zero-order valence-electron chi connectivity index (χ0n) is 14.1. The van der Waals surface area contributed by atoms with Crippen molar-refractivity contribution in [2.24, 2.45) is 0 Å². The van der Waals surface area contributed by atoms with Crippen LogP contribution in [-0.4, -0.2) is 10.4 Å². The zero-order valence-corrected chi connectivity index (χ0v) is 14.1. The molecule has 0 spiro atoms. The molecule has 0 N–H and O–H groups in total. The summed E-state index contributed by atoms with van der Waals surface area (Å²) in [7, 11) is 0. The van der Waals surface area contributed by atoms with Crippen LogP contribution in [0.25, 0.3) is 5.69 Å². The molecule has 1 unspecified atom stereocenters. The lowest BCUT2D eigenvalue weighted by molar-refractivity contribution is 0.0962. The Hall–Kier alpha value is -3.45. The number of hydrogen-bond donors (Lipinski definition) is 0. The Bertz CT molecular complexity index is 1080. The summed E-state index contributed by atoms with van der Waals surface area (Å²) in [6.45, 7) is 0. The summed E-state index contributed by atoms with van der Waals surface area (Å²) in [4.78, 5) is 25.7. The lowest BCUT2D eigenvalue weighted by atomic mass is 9.81. The molecule has 126 valence electrons. The monoisotopic (exact) mass is 340 g/mol. The highest BCUT2D eigenvalue weighted by Gasteiger charge is 2.30. The minimum Gasteiger partial charge on any atom is -0.294 e. The van der Waals surface area contributed by atoms with Gasteiger partial charge in [0.25, 0.3) is 5.56 Å². The van der Waals surface area contributed by atoms with Crippen LogP contribution >= 0.6 is 0 Å². The van der Waals surface area contributed by atoms with Crippen molar-refractivity contribution in [1.82, 2.24) is 4.57 Å². The van der Waals surface area contributed by atoms with Crippen LogP contribution in [0.15, 0.2) is 71.5 Å². The number of carbonyl (C=O) groups is 1. The second-order valence-corrected chi connectivity index (χ2v) is 6.45. The van der Waals surface area contributed by atoms with Crippen LogP contribution in [0.5, 0.6) is 0 Å². The Morgan fingerprint density at radius 2 is 1.58 bits per heavy atom. The van der Waals surface area contributed by atoms with Crippen LogP contribution in [0.4, 0.5) is 0 Å². The zero-order chi connectivity index (χ0) is 18.1. The van der Waals surface area contributed by atoms with Crippen molar-refractivity contribution < 1.29 is 4.79 Å². The van der Waals surface area contributed by atoms with E-state index in [0.717, 1.165) is 5.56 Å². The average Bonchev–Trinajstić information content (AvgIpc) is 2.69. The molecular formula is C22H16N2O2. The van der Waals surface area contributed by atoms with Crippen molar-refractivity contribution in [2.75, 3.05) is 0 Å². The molecule has 4 rings (SSSR count). The van der Waals surface area contributed by atoms with E-state index < -0.39 is 0 Å². The van der Waals surface area contributed by atoms with Crippen molar-refractivity contribution in [3.63, 3.8) is 0 Å². The largest absolute Gasteiger partial charge is 0.294 e. The highest BCUT2D eigenvalue weighted by Crippen LogP contribution is 2.33. The normalized spacial score (nSPS) is 16.0. The summed E-state index contributed by atoms with van der Waals surface area (Å²) < 4.78 is 1.53. The molecule has 0 radical (unpaired) electrons. The number of hydrogen-bond acceptors (Lipinski definition) is 3. The fraction of sp³-hybridized carbons (Fsp3) is 0.136. The van der Waals surface area contributed by atoms with E-state index in [1.54, 1.807) is 0 Å². The first-order valence-corrected chi connectivity index (χ1v) is 8.51. The summed E-state index contributed by atoms with van der Waals surface area (Å²) in [5.74, 6) is -0.000202. The predicted octanol–water partition coefficient (Wildman–Crippen LogP) is 3.62. The van der Waals surface area contributed by atoms with Gasteiger partial charge in [0.2, 0.25) is 0 Å². The van der Waals surface area contributed by atoms with E-state index in [0.29, 0.717) is 29.8 Å². The molecule has 1 heterocycles. The van der Waals surface area contributed by atoms with E-state index in [1.807, 2.05) is 66.7 Å². The SMILES string of the molecule is N#Cc1cc2c(n(-c3ccccc3)c1=O)CC(c1ccccc1)CC2=O. The minimum absolute atomic E-state index is 0.000820. The van der Waals surface area contributed by atoms with Gasteiger partial charge in [-0.05, 0) is 36.1 Å². The maximum absolute atomic E-state index is 12.9. The molecule has 4 heteroatoms. The summed E-state index contributed by atoms with van der Waals surface area (Å²) in [5, 5.41) is 9.33. The molecule has 3 aromatic rings. The Morgan fingerprint density at radius 1 is 0.923 bits per heavy atom. The molecule has 1 atom stereocenters. The number of ketones is 1. The quantitative estimate of drug-likeness (QED) is 0.716. The molecule has 0 fully saturated rings. The standard InChI is InChI=1S/C22H16N2O2/c23-14-17-11-19-20(24(22(17)26)18-9-5-2-6-10-18)12-16(13-21(19)25)15-7-3-1-4-8-15/h1-11,16H,12-13H2. The van der Waals surface area contributed by atoms with Gasteiger partial charge in [-0.3, -0.25) is 14.2 Å². The molecule has 0 aliphatic heterocycles. The fourth-order valence-corrected chi connectivity index (χ4v) is 3.63. The van der Waals surface area contributed by atoms with Gasteiger partial charge >= 0.3 is 0 Å². The van der Waals surface area contributed by atoms with Gasteiger partial charge in [0, 0.05) is 23.4 Å². The van der Waals surface area contributed by atoms with E-state index in [9.17, 15) is 14.9 Å². The van der Waals surface area contributed by atoms with Crippen LogP contribution in [0.3, 0.4) is 0 Å². The van der Waals surface area contributed by atoms with Crippen LogP contribution in [0.2, 0.25) is 0 Å². The van der Waals surface area contributed by atoms with Gasteiger partial charge in [0.15, 0.2) is 5.78 Å². The third-order valence-electron chi connectivity index (χ3n) is 4.88. The molecule has 0 saturated carbocycles. The number of nitrogens with zero attached hydrogens (tertiary/aromatic N) is 2. The second kappa shape index (κ2) is 6.45. The molecule has 4 nitrogen and oxygen atoms in total. The van der Waals surface area contributed by atoms with Gasteiger partial charge in [-0.1, -0.05) is 48.5 Å². The van der Waals surface area contributed by atoms with Crippen LogP contribution in [-0.2, 0) is 6.42 Å². The van der Waals surface area contributed by atoms with Crippen molar-refractivity contribution in [2.45, 2.75) is 18.8 Å².